The molecule has 1 aromatic rings. The second kappa shape index (κ2) is 4.69. The molecule has 2 aliphatic heterocycles. The van der Waals surface area contributed by atoms with Crippen molar-refractivity contribution in [3.8, 4) is 0 Å². The molecule has 96 valence electrons. The molecular weight excluding hydrogens is 228 g/mol. The van der Waals surface area contributed by atoms with E-state index in [-0.39, 0.29) is 24.1 Å². The third-order valence-corrected chi connectivity index (χ3v) is 4.10. The fraction of sp³-hybridized carbons (Fsp3) is 0.571. The van der Waals surface area contributed by atoms with Crippen molar-refractivity contribution in [2.45, 2.75) is 50.3 Å². The largest absolute Gasteiger partial charge is 0.393 e. The van der Waals surface area contributed by atoms with Crippen LogP contribution in [0.2, 0.25) is 0 Å². The Morgan fingerprint density at radius 2 is 1.89 bits per heavy atom. The number of pyridine rings is 1. The number of carbonyl (C=O) groups excluding carboxylic acids is 1. The Balaban J connectivity index is 1.70. The molecule has 3 rings (SSSR count). The number of amides is 1. The Hall–Kier alpha value is -1.42. The molecule has 3 heterocycles. The molecule has 0 aliphatic carbocycles. The molecule has 0 spiro atoms. The molecule has 2 saturated heterocycles. The number of aromatic nitrogens is 1. The van der Waals surface area contributed by atoms with Crippen LogP contribution in [0.1, 0.15) is 31.2 Å². The number of aliphatic hydroxyl groups is 1. The first kappa shape index (κ1) is 11.7. The molecule has 1 amide bonds. The van der Waals surface area contributed by atoms with Crippen molar-refractivity contribution in [1.82, 2.24) is 9.88 Å². The molecule has 2 atom stereocenters. The van der Waals surface area contributed by atoms with Crippen LogP contribution >= 0.6 is 0 Å². The van der Waals surface area contributed by atoms with E-state index >= 15 is 0 Å². The number of rotatable bonds is 2. The monoisotopic (exact) mass is 246 g/mol. The first-order chi connectivity index (χ1) is 8.74. The summed E-state index contributed by atoms with van der Waals surface area (Å²) in [6, 6.07) is 4.29. The summed E-state index contributed by atoms with van der Waals surface area (Å²) >= 11 is 0. The number of aliphatic hydroxyl groups excluding tert-OH is 1. The maximum absolute atomic E-state index is 12.4. The van der Waals surface area contributed by atoms with Crippen LogP contribution < -0.4 is 0 Å². The smallest absolute Gasteiger partial charge is 0.227 e. The lowest BCUT2D eigenvalue weighted by Crippen LogP contribution is -2.48. The molecule has 4 heteroatoms. The summed E-state index contributed by atoms with van der Waals surface area (Å²) < 4.78 is 0. The van der Waals surface area contributed by atoms with Crippen molar-refractivity contribution in [2.24, 2.45) is 0 Å². The molecule has 1 N–H and O–H groups in total. The van der Waals surface area contributed by atoms with Gasteiger partial charge in [0.2, 0.25) is 5.91 Å². The third-order valence-electron chi connectivity index (χ3n) is 4.10. The highest BCUT2D eigenvalue weighted by molar-refractivity contribution is 5.79. The Morgan fingerprint density at radius 3 is 2.50 bits per heavy atom. The van der Waals surface area contributed by atoms with Crippen molar-refractivity contribution in [1.29, 1.82) is 0 Å². The summed E-state index contributed by atoms with van der Waals surface area (Å²) in [7, 11) is 0. The van der Waals surface area contributed by atoms with E-state index in [0.717, 1.165) is 31.2 Å². The fourth-order valence-electron chi connectivity index (χ4n) is 3.32. The summed E-state index contributed by atoms with van der Waals surface area (Å²) in [4.78, 5) is 18.3. The minimum Gasteiger partial charge on any atom is -0.393 e. The summed E-state index contributed by atoms with van der Waals surface area (Å²) in [5.74, 6) is 0.195. The van der Waals surface area contributed by atoms with Crippen LogP contribution in [0.5, 0.6) is 0 Å². The molecule has 0 saturated carbocycles. The van der Waals surface area contributed by atoms with Crippen LogP contribution in [0.3, 0.4) is 0 Å². The van der Waals surface area contributed by atoms with Gasteiger partial charge in [0, 0.05) is 24.5 Å². The maximum Gasteiger partial charge on any atom is 0.227 e. The van der Waals surface area contributed by atoms with Crippen molar-refractivity contribution in [3.63, 3.8) is 0 Å². The molecule has 1 aromatic heterocycles. The lowest BCUT2D eigenvalue weighted by Gasteiger charge is -2.37. The maximum atomic E-state index is 12.4. The minimum absolute atomic E-state index is 0.195. The molecule has 2 aliphatic rings. The summed E-state index contributed by atoms with van der Waals surface area (Å²) in [5, 5.41) is 9.73. The van der Waals surface area contributed by atoms with Gasteiger partial charge in [0.25, 0.3) is 0 Å². The zero-order chi connectivity index (χ0) is 12.5. The number of carbonyl (C=O) groups is 1. The van der Waals surface area contributed by atoms with Crippen LogP contribution in [0.4, 0.5) is 0 Å². The SMILES string of the molecule is O=C(Cc1ccncc1)N1C2CCC1CC(O)C2. The van der Waals surface area contributed by atoms with E-state index in [0.29, 0.717) is 6.42 Å². The molecule has 0 radical (unpaired) electrons. The lowest BCUT2D eigenvalue weighted by atomic mass is 9.99. The number of hydrogen-bond donors (Lipinski definition) is 1. The Kier molecular flexibility index (Phi) is 3.04. The second-order valence-corrected chi connectivity index (χ2v) is 5.34. The Morgan fingerprint density at radius 1 is 1.28 bits per heavy atom. The van der Waals surface area contributed by atoms with Crippen LogP contribution in [-0.4, -0.2) is 39.1 Å². The van der Waals surface area contributed by atoms with E-state index in [9.17, 15) is 9.90 Å². The average Bonchev–Trinajstić information content (AvgIpc) is 2.63. The van der Waals surface area contributed by atoms with E-state index in [1.165, 1.54) is 0 Å². The van der Waals surface area contributed by atoms with Gasteiger partial charge < -0.3 is 10.0 Å². The first-order valence-electron chi connectivity index (χ1n) is 6.62. The van der Waals surface area contributed by atoms with Crippen molar-refractivity contribution < 1.29 is 9.90 Å². The first-order valence-corrected chi connectivity index (χ1v) is 6.62. The van der Waals surface area contributed by atoms with Crippen molar-refractivity contribution in [3.05, 3.63) is 30.1 Å². The predicted octanol–water partition coefficient (Wildman–Crippen LogP) is 1.14. The highest BCUT2D eigenvalue weighted by Crippen LogP contribution is 2.36. The number of piperidine rings is 1. The van der Waals surface area contributed by atoms with E-state index in [2.05, 4.69) is 4.98 Å². The zero-order valence-electron chi connectivity index (χ0n) is 10.3. The Labute approximate surface area is 107 Å². The standard InChI is InChI=1S/C14H18N2O2/c17-13-8-11-1-2-12(9-13)16(11)14(18)7-10-3-5-15-6-4-10/h3-6,11-13,17H,1-2,7-9H2. The molecule has 2 unspecified atom stereocenters. The highest BCUT2D eigenvalue weighted by Gasteiger charge is 2.42. The van der Waals surface area contributed by atoms with Crippen LogP contribution in [0.15, 0.2) is 24.5 Å². The highest BCUT2D eigenvalue weighted by atomic mass is 16.3. The van der Waals surface area contributed by atoms with Gasteiger partial charge in [-0.3, -0.25) is 9.78 Å². The van der Waals surface area contributed by atoms with Crippen molar-refractivity contribution in [2.75, 3.05) is 0 Å². The number of nitrogens with zero attached hydrogens (tertiary/aromatic N) is 2. The second-order valence-electron chi connectivity index (χ2n) is 5.34. The van der Waals surface area contributed by atoms with Gasteiger partial charge in [-0.25, -0.2) is 0 Å². The summed E-state index contributed by atoms with van der Waals surface area (Å²) in [5.41, 5.74) is 1.01. The van der Waals surface area contributed by atoms with E-state index < -0.39 is 0 Å². The predicted molar refractivity (Wildman–Crippen MR) is 66.8 cm³/mol. The van der Waals surface area contributed by atoms with Gasteiger partial charge in [-0.05, 0) is 43.4 Å². The normalized spacial score (nSPS) is 30.5. The molecule has 18 heavy (non-hydrogen) atoms. The number of hydrogen-bond acceptors (Lipinski definition) is 3. The van der Waals surface area contributed by atoms with Crippen molar-refractivity contribution >= 4 is 5.91 Å². The fourth-order valence-corrected chi connectivity index (χ4v) is 3.32. The van der Waals surface area contributed by atoms with Crippen LogP contribution in [-0.2, 0) is 11.2 Å². The molecule has 0 aromatic carbocycles. The summed E-state index contributed by atoms with van der Waals surface area (Å²) in [6.07, 6.45) is 7.26. The van der Waals surface area contributed by atoms with Gasteiger partial charge >= 0.3 is 0 Å². The molecule has 2 bridgehead atoms. The van der Waals surface area contributed by atoms with E-state index in [1.54, 1.807) is 12.4 Å². The minimum atomic E-state index is -0.215. The van der Waals surface area contributed by atoms with Gasteiger partial charge in [-0.1, -0.05) is 0 Å². The third kappa shape index (κ3) is 2.12. The van der Waals surface area contributed by atoms with Gasteiger partial charge in [-0.15, -0.1) is 0 Å². The molecular formula is C14H18N2O2. The summed E-state index contributed by atoms with van der Waals surface area (Å²) in [6.45, 7) is 0. The van der Waals surface area contributed by atoms with E-state index in [4.69, 9.17) is 0 Å². The molecule has 2 fully saturated rings. The Bertz CT molecular complexity index is 421. The van der Waals surface area contributed by atoms with Gasteiger partial charge in [0.1, 0.15) is 0 Å². The van der Waals surface area contributed by atoms with Crippen LogP contribution in [0, 0.1) is 0 Å². The topological polar surface area (TPSA) is 53.4 Å². The average molecular weight is 246 g/mol. The van der Waals surface area contributed by atoms with Crippen LogP contribution in [0.25, 0.3) is 0 Å². The quantitative estimate of drug-likeness (QED) is 0.851. The van der Waals surface area contributed by atoms with E-state index in [1.807, 2.05) is 17.0 Å². The van der Waals surface area contributed by atoms with Gasteiger partial charge in [0.05, 0.1) is 12.5 Å². The zero-order valence-corrected chi connectivity index (χ0v) is 10.3. The number of fused-ring (bicyclic) bond motifs is 2. The van der Waals surface area contributed by atoms with Gasteiger partial charge in [-0.2, -0.15) is 0 Å². The lowest BCUT2D eigenvalue weighted by molar-refractivity contribution is -0.136. The molecule has 4 nitrogen and oxygen atoms in total. The van der Waals surface area contributed by atoms with Gasteiger partial charge in [0.15, 0.2) is 0 Å².